The van der Waals surface area contributed by atoms with E-state index in [2.05, 4.69) is 0 Å². The van der Waals surface area contributed by atoms with Crippen LogP contribution in [-0.2, 0) is 0 Å². The Morgan fingerprint density at radius 1 is 1.06 bits per heavy atom. The van der Waals surface area contributed by atoms with Gasteiger partial charge >= 0.3 is 5.51 Å². The first kappa shape index (κ1) is 13.2. The second-order valence-corrected chi connectivity index (χ2v) is 4.32. The molecule has 0 spiro atoms. The van der Waals surface area contributed by atoms with Gasteiger partial charge in [0.2, 0.25) is 0 Å². The maximum absolute atomic E-state index is 11.8. The minimum absolute atomic E-state index is 0.0243. The zero-order chi connectivity index (χ0) is 11.9. The van der Waals surface area contributed by atoms with Gasteiger partial charge in [0.15, 0.2) is 0 Å². The first-order valence-electron chi connectivity index (χ1n) is 4.96. The van der Waals surface area contributed by atoms with Crippen molar-refractivity contribution >= 4 is 11.8 Å². The third-order valence-corrected chi connectivity index (χ3v) is 2.64. The highest BCUT2D eigenvalue weighted by Gasteiger charge is 2.27. The molecule has 1 rings (SSSR count). The summed E-state index contributed by atoms with van der Waals surface area (Å²) in [5, 5.41) is 0. The van der Waals surface area contributed by atoms with E-state index < -0.39 is 5.51 Å². The Bertz CT molecular complexity index is 287. The number of thioether (sulfide) groups is 1. The van der Waals surface area contributed by atoms with E-state index in [1.54, 1.807) is 0 Å². The molecule has 0 unspecified atom stereocenters. The molecule has 1 nitrogen and oxygen atoms in total. The molecule has 0 radical (unpaired) electrons. The summed E-state index contributed by atoms with van der Waals surface area (Å²) < 4.78 is 40.6. The van der Waals surface area contributed by atoms with Gasteiger partial charge in [0.05, 0.1) is 6.61 Å². The van der Waals surface area contributed by atoms with Crippen LogP contribution in [0, 0.1) is 0 Å². The number of para-hydroxylation sites is 1. The van der Waals surface area contributed by atoms with Crippen LogP contribution >= 0.6 is 11.8 Å². The molecular formula is C11H13F3OS. The predicted octanol–water partition coefficient (Wildman–Crippen LogP) is 4.10. The van der Waals surface area contributed by atoms with Crippen LogP contribution in [-0.4, -0.2) is 17.9 Å². The van der Waals surface area contributed by atoms with Crippen molar-refractivity contribution in [3.8, 4) is 5.75 Å². The van der Waals surface area contributed by atoms with Gasteiger partial charge in [-0.05, 0) is 25.0 Å². The Labute approximate surface area is 97.0 Å². The van der Waals surface area contributed by atoms with E-state index >= 15 is 0 Å². The van der Waals surface area contributed by atoms with Gasteiger partial charge in [0, 0.05) is 5.75 Å². The van der Waals surface area contributed by atoms with Crippen LogP contribution in [0.4, 0.5) is 13.2 Å². The molecule has 0 atom stereocenters. The zero-order valence-corrected chi connectivity index (χ0v) is 9.48. The maximum atomic E-state index is 11.8. The monoisotopic (exact) mass is 250 g/mol. The van der Waals surface area contributed by atoms with Crippen LogP contribution in [0.25, 0.3) is 0 Å². The molecule has 5 heteroatoms. The molecule has 0 aliphatic rings. The van der Waals surface area contributed by atoms with Crippen LogP contribution < -0.4 is 4.74 Å². The van der Waals surface area contributed by atoms with Crippen molar-refractivity contribution in [1.29, 1.82) is 0 Å². The molecule has 16 heavy (non-hydrogen) atoms. The quantitative estimate of drug-likeness (QED) is 0.703. The van der Waals surface area contributed by atoms with Gasteiger partial charge < -0.3 is 4.74 Å². The first-order chi connectivity index (χ1) is 7.58. The molecule has 90 valence electrons. The number of hydrogen-bond donors (Lipinski definition) is 0. The Morgan fingerprint density at radius 3 is 2.38 bits per heavy atom. The highest BCUT2D eigenvalue weighted by atomic mass is 32.2. The summed E-state index contributed by atoms with van der Waals surface area (Å²) in [6, 6.07) is 9.24. The Morgan fingerprint density at radius 2 is 1.75 bits per heavy atom. The third kappa shape index (κ3) is 6.61. The number of halogens is 3. The van der Waals surface area contributed by atoms with Crippen molar-refractivity contribution in [2.45, 2.75) is 18.3 Å². The average Bonchev–Trinajstić information content (AvgIpc) is 2.23. The highest BCUT2D eigenvalue weighted by Crippen LogP contribution is 2.30. The second kappa shape index (κ2) is 6.68. The van der Waals surface area contributed by atoms with Crippen molar-refractivity contribution < 1.29 is 17.9 Å². The molecule has 1 aromatic rings. The number of unbranched alkanes of at least 4 members (excludes halogenated alkanes) is 1. The van der Waals surface area contributed by atoms with Gasteiger partial charge in [0.25, 0.3) is 0 Å². The standard InChI is InChI=1S/C11H13F3OS/c12-11(13,14)16-9-5-4-8-15-10-6-2-1-3-7-10/h1-3,6-7H,4-5,8-9H2. The topological polar surface area (TPSA) is 9.23 Å². The van der Waals surface area contributed by atoms with E-state index in [1.807, 2.05) is 30.3 Å². The van der Waals surface area contributed by atoms with Crippen molar-refractivity contribution in [2.75, 3.05) is 12.4 Å². The lowest BCUT2D eigenvalue weighted by Gasteiger charge is -2.06. The van der Waals surface area contributed by atoms with Gasteiger partial charge in [-0.15, -0.1) is 0 Å². The smallest absolute Gasteiger partial charge is 0.441 e. The number of hydrogen-bond acceptors (Lipinski definition) is 2. The van der Waals surface area contributed by atoms with Gasteiger partial charge in [-0.25, -0.2) is 0 Å². The van der Waals surface area contributed by atoms with E-state index in [1.165, 1.54) is 0 Å². The SMILES string of the molecule is FC(F)(F)SCCCCOc1ccccc1. The molecule has 1 aromatic carbocycles. The highest BCUT2D eigenvalue weighted by molar-refractivity contribution is 8.00. The van der Waals surface area contributed by atoms with Crippen LogP contribution in [0.2, 0.25) is 0 Å². The molecule has 0 N–H and O–H groups in total. The summed E-state index contributed by atoms with van der Waals surface area (Å²) in [5.74, 6) is 0.854. The summed E-state index contributed by atoms with van der Waals surface area (Å²) in [4.78, 5) is 0. The number of benzene rings is 1. The summed E-state index contributed by atoms with van der Waals surface area (Å²) in [6.07, 6.45) is 1.15. The maximum Gasteiger partial charge on any atom is 0.441 e. The van der Waals surface area contributed by atoms with Crippen LogP contribution in [0.15, 0.2) is 30.3 Å². The van der Waals surface area contributed by atoms with E-state index in [4.69, 9.17) is 4.74 Å². The van der Waals surface area contributed by atoms with E-state index in [0.29, 0.717) is 19.4 Å². The fourth-order valence-electron chi connectivity index (χ4n) is 1.10. The number of rotatable bonds is 6. The van der Waals surface area contributed by atoms with E-state index in [9.17, 15) is 13.2 Å². The Kier molecular flexibility index (Phi) is 5.52. The lowest BCUT2D eigenvalue weighted by Crippen LogP contribution is -2.03. The molecule has 0 aromatic heterocycles. The van der Waals surface area contributed by atoms with E-state index in [0.717, 1.165) is 5.75 Å². The molecule has 0 amide bonds. The molecule has 0 aliphatic heterocycles. The second-order valence-electron chi connectivity index (χ2n) is 3.16. The lowest BCUT2D eigenvalue weighted by molar-refractivity contribution is -0.0328. The molecule has 0 fully saturated rings. The van der Waals surface area contributed by atoms with Crippen molar-refractivity contribution in [3.05, 3.63) is 30.3 Å². The van der Waals surface area contributed by atoms with Crippen LogP contribution in [0.1, 0.15) is 12.8 Å². The zero-order valence-electron chi connectivity index (χ0n) is 8.67. The average molecular weight is 250 g/mol. The molecule has 0 bridgehead atoms. The summed E-state index contributed by atoms with van der Waals surface area (Å²) in [5.41, 5.74) is -4.11. The fourth-order valence-corrected chi connectivity index (χ4v) is 1.68. The van der Waals surface area contributed by atoms with Crippen molar-refractivity contribution in [1.82, 2.24) is 0 Å². The molecule has 0 saturated heterocycles. The Hall–Kier alpha value is -0.840. The first-order valence-corrected chi connectivity index (χ1v) is 5.95. The third-order valence-electron chi connectivity index (χ3n) is 1.82. The lowest BCUT2D eigenvalue weighted by atomic mass is 10.3. The fraction of sp³-hybridized carbons (Fsp3) is 0.455. The predicted molar refractivity (Wildman–Crippen MR) is 59.7 cm³/mol. The summed E-state index contributed by atoms with van der Waals surface area (Å²) in [7, 11) is 0. The summed E-state index contributed by atoms with van der Waals surface area (Å²) in [6.45, 7) is 0.461. The van der Waals surface area contributed by atoms with Gasteiger partial charge in [-0.1, -0.05) is 30.0 Å². The minimum atomic E-state index is -4.11. The Balaban J connectivity index is 2.01. The van der Waals surface area contributed by atoms with E-state index in [-0.39, 0.29) is 17.5 Å². The number of alkyl halides is 3. The van der Waals surface area contributed by atoms with Crippen LogP contribution in [0.5, 0.6) is 5.75 Å². The molecule has 0 saturated carbocycles. The normalized spacial score (nSPS) is 11.4. The molecule has 0 heterocycles. The van der Waals surface area contributed by atoms with Crippen molar-refractivity contribution in [2.24, 2.45) is 0 Å². The molecule has 0 aliphatic carbocycles. The van der Waals surface area contributed by atoms with Crippen LogP contribution in [0.3, 0.4) is 0 Å². The summed E-state index contributed by atoms with van der Waals surface area (Å²) >= 11 is 0.0243. The largest absolute Gasteiger partial charge is 0.494 e. The van der Waals surface area contributed by atoms with Gasteiger partial charge in [-0.2, -0.15) is 13.2 Å². The van der Waals surface area contributed by atoms with Gasteiger partial charge in [0.1, 0.15) is 5.75 Å². The number of ether oxygens (including phenoxy) is 1. The molecular weight excluding hydrogens is 237 g/mol. The minimum Gasteiger partial charge on any atom is -0.494 e. The van der Waals surface area contributed by atoms with Gasteiger partial charge in [-0.3, -0.25) is 0 Å². The van der Waals surface area contributed by atoms with Crippen molar-refractivity contribution in [3.63, 3.8) is 0 Å².